The molecular formula is C22H31N3. The van der Waals surface area contributed by atoms with Gasteiger partial charge in [0.25, 0.3) is 0 Å². The van der Waals surface area contributed by atoms with E-state index in [0.717, 1.165) is 37.0 Å². The quantitative estimate of drug-likeness (QED) is 0.529. The van der Waals surface area contributed by atoms with Crippen LogP contribution in [0, 0.1) is 30.1 Å². The van der Waals surface area contributed by atoms with Crippen molar-refractivity contribution in [2.45, 2.75) is 60.3 Å². The molecule has 0 aliphatic heterocycles. The Morgan fingerprint density at radius 3 is 2.12 bits per heavy atom. The minimum Gasteiger partial charge on any atom is -0.305 e. The van der Waals surface area contributed by atoms with E-state index in [1.165, 1.54) is 22.3 Å². The van der Waals surface area contributed by atoms with Crippen LogP contribution >= 0.6 is 0 Å². The molecule has 0 bridgehead atoms. The maximum Gasteiger partial charge on any atom is 0.0791 e. The van der Waals surface area contributed by atoms with Crippen LogP contribution in [0.4, 0.5) is 0 Å². The molecule has 0 amide bonds. The Morgan fingerprint density at radius 1 is 0.880 bits per heavy atom. The van der Waals surface area contributed by atoms with Gasteiger partial charge in [0.1, 0.15) is 0 Å². The zero-order valence-electron chi connectivity index (χ0n) is 16.2. The highest BCUT2D eigenvalue weighted by atomic mass is 14.5. The van der Waals surface area contributed by atoms with Gasteiger partial charge in [-0.3, -0.25) is 10.8 Å². The molecule has 2 aliphatic carbocycles. The Kier molecular flexibility index (Phi) is 8.20. The first-order chi connectivity index (χ1) is 11.9. The summed E-state index contributed by atoms with van der Waals surface area (Å²) < 4.78 is 0. The van der Waals surface area contributed by atoms with Gasteiger partial charge in [-0.05, 0) is 85.6 Å². The van der Waals surface area contributed by atoms with Gasteiger partial charge in [0.15, 0.2) is 0 Å². The molecule has 0 saturated carbocycles. The van der Waals surface area contributed by atoms with Crippen molar-refractivity contribution < 1.29 is 0 Å². The van der Waals surface area contributed by atoms with Crippen LogP contribution in [0.5, 0.6) is 0 Å². The number of hydrogen-bond donors (Lipinski definition) is 3. The number of rotatable bonds is 1. The van der Waals surface area contributed by atoms with Crippen LogP contribution < -0.4 is 0 Å². The van der Waals surface area contributed by atoms with Gasteiger partial charge < -0.3 is 5.41 Å². The summed E-state index contributed by atoms with van der Waals surface area (Å²) in [5.74, 6) is 0. The Bertz CT molecular complexity index is 721. The van der Waals surface area contributed by atoms with Crippen molar-refractivity contribution in [3.63, 3.8) is 0 Å². The summed E-state index contributed by atoms with van der Waals surface area (Å²) in [5, 5.41) is 22.3. The molecule has 0 fully saturated rings. The average molecular weight is 338 g/mol. The SMILES string of the molecule is CC.CCC1=CC(=N)C(=N)C=C1.Cc1cc2c(cc1C)C(=N)CCC2. The molecule has 0 unspecified atom stereocenters. The Morgan fingerprint density at radius 2 is 1.52 bits per heavy atom. The number of allylic oxidation sites excluding steroid dienone is 4. The molecule has 0 atom stereocenters. The standard InChI is InChI=1S/C12H15N.C8H10N2.C2H6/c1-8-6-10-4-3-5-12(13)11(10)7-9(8)2;1-2-6-3-4-7(9)8(10)5-6;1-2/h6-7,13H,3-5H2,1-2H3;3-5,9-10H,2H2,1H3;1-2H3. The van der Waals surface area contributed by atoms with E-state index in [4.69, 9.17) is 16.2 Å². The van der Waals surface area contributed by atoms with Crippen LogP contribution in [-0.2, 0) is 6.42 Å². The fraction of sp³-hybridized carbons (Fsp3) is 0.409. The summed E-state index contributed by atoms with van der Waals surface area (Å²) in [6, 6.07) is 4.42. The Balaban J connectivity index is 0.000000235. The average Bonchev–Trinajstić information content (AvgIpc) is 2.62. The first-order valence-electron chi connectivity index (χ1n) is 9.16. The molecule has 134 valence electrons. The maximum absolute atomic E-state index is 7.84. The molecule has 1 aromatic rings. The van der Waals surface area contributed by atoms with E-state index in [1.807, 2.05) is 26.8 Å². The topological polar surface area (TPSA) is 71.6 Å². The van der Waals surface area contributed by atoms with Gasteiger partial charge in [0, 0.05) is 5.71 Å². The lowest BCUT2D eigenvalue weighted by Gasteiger charge is -2.18. The third kappa shape index (κ3) is 5.63. The summed E-state index contributed by atoms with van der Waals surface area (Å²) in [6.07, 6.45) is 9.48. The highest BCUT2D eigenvalue weighted by Gasteiger charge is 2.14. The summed E-state index contributed by atoms with van der Waals surface area (Å²) in [4.78, 5) is 0. The van der Waals surface area contributed by atoms with Gasteiger partial charge in [0.2, 0.25) is 0 Å². The number of fused-ring (bicyclic) bond motifs is 1. The fourth-order valence-electron chi connectivity index (χ4n) is 2.77. The molecule has 3 rings (SSSR count). The predicted molar refractivity (Wildman–Crippen MR) is 110 cm³/mol. The van der Waals surface area contributed by atoms with Crippen LogP contribution in [0.3, 0.4) is 0 Å². The van der Waals surface area contributed by atoms with E-state index in [-0.39, 0.29) is 0 Å². The number of hydrogen-bond acceptors (Lipinski definition) is 3. The molecular weight excluding hydrogens is 306 g/mol. The first-order valence-corrected chi connectivity index (χ1v) is 9.16. The lowest BCUT2D eigenvalue weighted by atomic mass is 9.87. The molecule has 3 N–H and O–H groups in total. The van der Waals surface area contributed by atoms with Crippen LogP contribution in [0.1, 0.15) is 62.3 Å². The van der Waals surface area contributed by atoms with Crippen LogP contribution in [0.2, 0.25) is 0 Å². The predicted octanol–water partition coefficient (Wildman–Crippen LogP) is 5.97. The van der Waals surface area contributed by atoms with E-state index in [0.29, 0.717) is 11.4 Å². The molecule has 2 aliphatic rings. The third-order valence-corrected chi connectivity index (χ3v) is 4.41. The van der Waals surface area contributed by atoms with Crippen molar-refractivity contribution in [3.05, 3.63) is 58.2 Å². The minimum absolute atomic E-state index is 0.303. The van der Waals surface area contributed by atoms with Crippen molar-refractivity contribution in [3.8, 4) is 0 Å². The summed E-state index contributed by atoms with van der Waals surface area (Å²) in [6.45, 7) is 10.3. The second-order valence-electron chi connectivity index (χ2n) is 6.16. The lowest BCUT2D eigenvalue weighted by molar-refractivity contribution is 0.833. The van der Waals surface area contributed by atoms with Gasteiger partial charge >= 0.3 is 0 Å². The zero-order chi connectivity index (χ0) is 19.0. The minimum atomic E-state index is 0.303. The van der Waals surface area contributed by atoms with E-state index < -0.39 is 0 Å². The smallest absolute Gasteiger partial charge is 0.0791 e. The van der Waals surface area contributed by atoms with Crippen molar-refractivity contribution >= 4 is 17.1 Å². The molecule has 0 aromatic heterocycles. The van der Waals surface area contributed by atoms with E-state index in [2.05, 4.69) is 26.0 Å². The second kappa shape index (κ2) is 9.87. The molecule has 25 heavy (non-hydrogen) atoms. The number of aryl methyl sites for hydroxylation is 3. The molecule has 0 saturated heterocycles. The van der Waals surface area contributed by atoms with Gasteiger partial charge in [-0.2, -0.15) is 0 Å². The molecule has 0 spiro atoms. The summed E-state index contributed by atoms with van der Waals surface area (Å²) >= 11 is 0. The van der Waals surface area contributed by atoms with Crippen molar-refractivity contribution in [1.29, 1.82) is 16.2 Å². The lowest BCUT2D eigenvalue weighted by Crippen LogP contribution is -2.11. The van der Waals surface area contributed by atoms with Crippen LogP contribution in [0.15, 0.2) is 35.9 Å². The fourth-order valence-corrected chi connectivity index (χ4v) is 2.77. The Hall–Kier alpha value is -2.29. The van der Waals surface area contributed by atoms with E-state index >= 15 is 0 Å². The Labute approximate surface area is 152 Å². The van der Waals surface area contributed by atoms with Crippen LogP contribution in [-0.4, -0.2) is 17.1 Å². The molecule has 3 heteroatoms. The monoisotopic (exact) mass is 337 g/mol. The largest absolute Gasteiger partial charge is 0.305 e. The van der Waals surface area contributed by atoms with Crippen molar-refractivity contribution in [2.24, 2.45) is 0 Å². The van der Waals surface area contributed by atoms with Gasteiger partial charge in [0.05, 0.1) is 11.4 Å². The van der Waals surface area contributed by atoms with Crippen molar-refractivity contribution in [2.75, 3.05) is 0 Å². The number of benzene rings is 1. The normalized spacial score (nSPS) is 15.4. The number of nitrogens with one attached hydrogen (secondary N) is 3. The van der Waals surface area contributed by atoms with E-state index in [9.17, 15) is 0 Å². The highest BCUT2D eigenvalue weighted by Crippen LogP contribution is 2.24. The van der Waals surface area contributed by atoms with Crippen molar-refractivity contribution in [1.82, 2.24) is 0 Å². The first kappa shape index (κ1) is 20.8. The second-order valence-corrected chi connectivity index (χ2v) is 6.16. The molecule has 3 nitrogen and oxygen atoms in total. The van der Waals surface area contributed by atoms with Gasteiger partial charge in [-0.25, -0.2) is 0 Å². The summed E-state index contributed by atoms with van der Waals surface area (Å²) in [7, 11) is 0. The van der Waals surface area contributed by atoms with Gasteiger partial charge in [-0.15, -0.1) is 0 Å². The molecule has 1 aromatic carbocycles. The summed E-state index contributed by atoms with van der Waals surface area (Å²) in [5.41, 5.74) is 7.80. The molecule has 0 heterocycles. The van der Waals surface area contributed by atoms with E-state index in [1.54, 1.807) is 12.2 Å². The maximum atomic E-state index is 7.84. The molecule has 0 radical (unpaired) electrons. The highest BCUT2D eigenvalue weighted by molar-refractivity contribution is 6.49. The zero-order valence-corrected chi connectivity index (χ0v) is 16.2. The van der Waals surface area contributed by atoms with Gasteiger partial charge in [-0.1, -0.05) is 32.9 Å². The third-order valence-electron chi connectivity index (χ3n) is 4.41. The van der Waals surface area contributed by atoms with Crippen LogP contribution in [0.25, 0.3) is 0 Å².